The molecule has 0 aromatic carbocycles. The van der Waals surface area contributed by atoms with Gasteiger partial charge in [-0.2, -0.15) is 0 Å². The molecule has 1 nitrogen and oxygen atoms in total. The summed E-state index contributed by atoms with van der Waals surface area (Å²) in [5, 5.41) is 10.6. The van der Waals surface area contributed by atoms with Gasteiger partial charge in [-0.1, -0.05) is 40.2 Å². The minimum absolute atomic E-state index is 0.0174. The molecule has 1 N–H and O–H groups in total. The van der Waals surface area contributed by atoms with Gasteiger partial charge in [0.2, 0.25) is 0 Å². The Morgan fingerprint density at radius 1 is 1.14 bits per heavy atom. The zero-order chi connectivity index (χ0) is 9.81. The van der Waals surface area contributed by atoms with E-state index in [2.05, 4.69) is 34.2 Å². The average Bonchev–Trinajstić information content (AvgIpc) is 2.59. The predicted molar refractivity (Wildman–Crippen MR) is 60.3 cm³/mol. The number of aliphatic hydroxyl groups is 1. The van der Waals surface area contributed by atoms with E-state index in [-0.39, 0.29) is 4.32 Å². The molecule has 3 aliphatic carbocycles. The van der Waals surface area contributed by atoms with Gasteiger partial charge in [0.25, 0.3) is 0 Å². The van der Waals surface area contributed by atoms with Gasteiger partial charge >= 0.3 is 0 Å². The molecule has 0 aromatic rings. The van der Waals surface area contributed by atoms with Crippen LogP contribution in [0.2, 0.25) is 0 Å². The predicted octanol–water partition coefficient (Wildman–Crippen LogP) is 2.80. The monoisotopic (exact) mass is 254 g/mol. The van der Waals surface area contributed by atoms with Crippen LogP contribution in [0.5, 0.6) is 0 Å². The maximum Gasteiger partial charge on any atom is 0.0988 e. The SMILES string of the molecule is OC1(C2(Br)C3CC=CCC32)C=CCC1. The maximum absolute atomic E-state index is 10.6. The molecule has 14 heavy (non-hydrogen) atoms. The molecule has 0 aromatic heterocycles. The molecule has 2 heteroatoms. The van der Waals surface area contributed by atoms with Crippen LogP contribution in [0, 0.1) is 11.8 Å². The van der Waals surface area contributed by atoms with Gasteiger partial charge in [0.05, 0.1) is 9.93 Å². The van der Waals surface area contributed by atoms with Gasteiger partial charge < -0.3 is 5.11 Å². The molecular weight excluding hydrogens is 240 g/mol. The first-order chi connectivity index (χ1) is 6.68. The third-order valence-corrected chi connectivity index (χ3v) is 6.01. The summed E-state index contributed by atoms with van der Waals surface area (Å²) in [5.41, 5.74) is -0.575. The Labute approximate surface area is 93.0 Å². The van der Waals surface area contributed by atoms with Crippen molar-refractivity contribution in [2.24, 2.45) is 11.8 Å². The molecule has 76 valence electrons. The Morgan fingerprint density at radius 3 is 2.29 bits per heavy atom. The second-order valence-corrected chi connectivity index (χ2v) is 6.10. The molecule has 0 aliphatic heterocycles. The third kappa shape index (κ3) is 0.938. The van der Waals surface area contributed by atoms with E-state index in [9.17, 15) is 5.11 Å². The van der Waals surface area contributed by atoms with Crippen LogP contribution >= 0.6 is 15.9 Å². The molecule has 0 radical (unpaired) electrons. The summed E-state index contributed by atoms with van der Waals surface area (Å²) in [4.78, 5) is 0. The lowest BCUT2D eigenvalue weighted by Crippen LogP contribution is -2.39. The van der Waals surface area contributed by atoms with Gasteiger partial charge in [0.1, 0.15) is 0 Å². The van der Waals surface area contributed by atoms with Crippen LogP contribution in [0.4, 0.5) is 0 Å². The second-order valence-electron chi connectivity index (χ2n) is 4.79. The first-order valence-electron chi connectivity index (χ1n) is 5.42. The first-order valence-corrected chi connectivity index (χ1v) is 6.22. The zero-order valence-corrected chi connectivity index (χ0v) is 9.70. The first kappa shape index (κ1) is 9.17. The third-order valence-electron chi connectivity index (χ3n) is 4.15. The Bertz CT molecular complexity index is 306. The van der Waals surface area contributed by atoms with E-state index in [0.29, 0.717) is 11.8 Å². The summed E-state index contributed by atoms with van der Waals surface area (Å²) in [6.07, 6.45) is 12.8. The summed E-state index contributed by atoms with van der Waals surface area (Å²) < 4.78 is -0.0174. The van der Waals surface area contributed by atoms with Crippen molar-refractivity contribution in [2.45, 2.75) is 35.6 Å². The van der Waals surface area contributed by atoms with Crippen LogP contribution in [0.3, 0.4) is 0 Å². The van der Waals surface area contributed by atoms with Gasteiger partial charge in [0.15, 0.2) is 0 Å². The summed E-state index contributed by atoms with van der Waals surface area (Å²) >= 11 is 3.82. The molecule has 1 fully saturated rings. The fourth-order valence-corrected chi connectivity index (χ4v) is 4.49. The normalized spacial score (nSPS) is 54.7. The average molecular weight is 255 g/mol. The van der Waals surface area contributed by atoms with Crippen LogP contribution in [0.15, 0.2) is 24.3 Å². The van der Waals surface area contributed by atoms with Crippen molar-refractivity contribution in [3.8, 4) is 0 Å². The van der Waals surface area contributed by atoms with Gasteiger partial charge in [0, 0.05) is 0 Å². The molecule has 0 saturated heterocycles. The molecule has 0 bridgehead atoms. The number of hydrogen-bond donors (Lipinski definition) is 1. The topological polar surface area (TPSA) is 20.2 Å². The lowest BCUT2D eigenvalue weighted by molar-refractivity contribution is 0.0744. The summed E-state index contributed by atoms with van der Waals surface area (Å²) in [5.74, 6) is 1.31. The summed E-state index contributed by atoms with van der Waals surface area (Å²) in [6.45, 7) is 0. The number of halogens is 1. The molecule has 3 atom stereocenters. The molecule has 3 unspecified atom stereocenters. The van der Waals surface area contributed by atoms with Crippen LogP contribution in [0.25, 0.3) is 0 Å². The Balaban J connectivity index is 1.89. The van der Waals surface area contributed by atoms with Crippen molar-refractivity contribution in [3.05, 3.63) is 24.3 Å². The summed E-state index contributed by atoms with van der Waals surface area (Å²) in [7, 11) is 0. The standard InChI is InChI=1S/C12H15BrO/c13-12(11(14)7-3-4-8-11)9-5-1-2-6-10(9)12/h1-3,7,9-10,14H,4-6,8H2. The van der Waals surface area contributed by atoms with Crippen molar-refractivity contribution >= 4 is 15.9 Å². The van der Waals surface area contributed by atoms with Crippen LogP contribution in [0.1, 0.15) is 25.7 Å². The fraction of sp³-hybridized carbons (Fsp3) is 0.667. The molecule has 0 spiro atoms. The van der Waals surface area contributed by atoms with Crippen LogP contribution in [-0.4, -0.2) is 15.0 Å². The molecule has 3 rings (SSSR count). The van der Waals surface area contributed by atoms with Gasteiger partial charge in [-0.15, -0.1) is 0 Å². The van der Waals surface area contributed by atoms with Crippen LogP contribution in [-0.2, 0) is 0 Å². The number of allylic oxidation sites excluding steroid dienone is 3. The van der Waals surface area contributed by atoms with E-state index in [1.165, 1.54) is 0 Å². The van der Waals surface area contributed by atoms with Crippen molar-refractivity contribution in [1.29, 1.82) is 0 Å². The Hall–Kier alpha value is -0.0800. The van der Waals surface area contributed by atoms with E-state index in [1.54, 1.807) is 0 Å². The highest BCUT2D eigenvalue weighted by molar-refractivity contribution is 9.10. The molecule has 0 heterocycles. The van der Waals surface area contributed by atoms with E-state index in [0.717, 1.165) is 25.7 Å². The lowest BCUT2D eigenvalue weighted by atomic mass is 9.94. The van der Waals surface area contributed by atoms with Gasteiger partial charge in [-0.3, -0.25) is 0 Å². The largest absolute Gasteiger partial charge is 0.384 e. The second kappa shape index (κ2) is 2.73. The minimum atomic E-state index is -0.575. The highest BCUT2D eigenvalue weighted by atomic mass is 79.9. The number of fused-ring (bicyclic) bond motifs is 1. The van der Waals surface area contributed by atoms with Crippen molar-refractivity contribution in [2.75, 3.05) is 0 Å². The minimum Gasteiger partial charge on any atom is -0.384 e. The number of hydrogen-bond acceptors (Lipinski definition) is 1. The highest BCUT2D eigenvalue weighted by Crippen LogP contribution is 2.69. The molecular formula is C12H15BrO. The van der Waals surface area contributed by atoms with Gasteiger partial charge in [-0.25, -0.2) is 0 Å². The Kier molecular flexibility index (Phi) is 1.79. The van der Waals surface area contributed by atoms with E-state index in [1.807, 2.05) is 6.08 Å². The fourth-order valence-electron chi connectivity index (χ4n) is 3.28. The Morgan fingerprint density at radius 2 is 1.79 bits per heavy atom. The van der Waals surface area contributed by atoms with Gasteiger partial charge in [-0.05, 0) is 37.5 Å². The quantitative estimate of drug-likeness (QED) is 0.564. The van der Waals surface area contributed by atoms with Crippen LogP contribution < -0.4 is 0 Å². The van der Waals surface area contributed by atoms with E-state index < -0.39 is 5.60 Å². The summed E-state index contributed by atoms with van der Waals surface area (Å²) in [6, 6.07) is 0. The molecule has 1 saturated carbocycles. The van der Waals surface area contributed by atoms with Crippen molar-refractivity contribution < 1.29 is 5.11 Å². The molecule has 0 amide bonds. The zero-order valence-electron chi connectivity index (χ0n) is 8.12. The smallest absolute Gasteiger partial charge is 0.0988 e. The number of rotatable bonds is 1. The van der Waals surface area contributed by atoms with Crippen molar-refractivity contribution in [1.82, 2.24) is 0 Å². The van der Waals surface area contributed by atoms with E-state index >= 15 is 0 Å². The van der Waals surface area contributed by atoms with E-state index in [4.69, 9.17) is 0 Å². The molecule has 3 aliphatic rings. The van der Waals surface area contributed by atoms with Crippen molar-refractivity contribution in [3.63, 3.8) is 0 Å². The number of alkyl halides is 1. The maximum atomic E-state index is 10.6. The lowest BCUT2D eigenvalue weighted by Gasteiger charge is -2.28. The highest BCUT2D eigenvalue weighted by Gasteiger charge is 2.71.